The van der Waals surface area contributed by atoms with Gasteiger partial charge in [-0.15, -0.1) is 0 Å². The molecular weight excluding hydrogens is 750 g/mol. The molecule has 50 heavy (non-hydrogen) atoms. The molecular formula is C37H29F2ILiN5O4. The molecule has 0 amide bonds. The predicted molar refractivity (Wildman–Crippen MR) is 187 cm³/mol. The predicted octanol–water partition coefficient (Wildman–Crippen LogP) is 5.39. The molecule has 1 N–H and O–H groups in total. The second kappa shape index (κ2) is 20.0. The molecule has 9 nitrogen and oxygen atoms in total. The van der Waals surface area contributed by atoms with Gasteiger partial charge in [0, 0.05) is 58.5 Å². The number of rotatable bonds is 5. The van der Waals surface area contributed by atoms with Gasteiger partial charge in [-0.2, -0.15) is 18.2 Å². The monoisotopic (exact) mass is 779 g/mol. The normalized spacial score (nSPS) is 11.1. The maximum absolute atomic E-state index is 12.9. The molecule has 1 unspecified atom stereocenters. The molecule has 7 aromatic rings. The zero-order valence-electron chi connectivity index (χ0n) is 27.2. The molecule has 5 aromatic heterocycles. The van der Waals surface area contributed by atoms with E-state index in [-0.39, 0.29) is 42.0 Å². The van der Waals surface area contributed by atoms with E-state index in [1.165, 1.54) is 40.8 Å². The minimum absolute atomic E-state index is 0. The van der Waals surface area contributed by atoms with Gasteiger partial charge in [-0.05, 0) is 108 Å². The largest absolute Gasteiger partial charge is 1.00 e. The van der Waals surface area contributed by atoms with Crippen LogP contribution in [-0.2, 0) is 5.60 Å². The number of aliphatic hydroxyl groups is 1. The average molecular weight is 780 g/mol. The number of Topliss-reactive ketones (excluding diaryl/α,β-unsaturated/α-hetero) is 1. The summed E-state index contributed by atoms with van der Waals surface area (Å²) in [6.07, 6.45) is 10.1. The second-order valence-corrected chi connectivity index (χ2v) is 11.4. The van der Waals surface area contributed by atoms with Crippen molar-refractivity contribution in [2.75, 3.05) is 0 Å². The molecule has 5 heterocycles. The Labute approximate surface area is 313 Å². The van der Waals surface area contributed by atoms with Crippen molar-refractivity contribution in [2.24, 2.45) is 0 Å². The summed E-state index contributed by atoms with van der Waals surface area (Å²) < 4.78 is 36.9. The maximum Gasteiger partial charge on any atom is 1.00 e. The van der Waals surface area contributed by atoms with Crippen LogP contribution in [0.15, 0.2) is 143 Å². The van der Waals surface area contributed by atoms with Crippen molar-refractivity contribution in [1.82, 2.24) is 25.3 Å². The van der Waals surface area contributed by atoms with E-state index in [0.717, 1.165) is 5.56 Å². The van der Waals surface area contributed by atoms with Crippen LogP contribution in [0.3, 0.4) is 0 Å². The quantitative estimate of drug-likeness (QED) is 0.106. The van der Waals surface area contributed by atoms with E-state index in [2.05, 4.69) is 53.9 Å². The van der Waals surface area contributed by atoms with E-state index in [4.69, 9.17) is 9.05 Å². The molecule has 0 bridgehead atoms. The molecule has 2 aromatic carbocycles. The first kappa shape index (κ1) is 39.6. The zero-order chi connectivity index (χ0) is 35.1. The molecule has 248 valence electrons. The Morgan fingerprint density at radius 2 is 1.18 bits per heavy atom. The fraction of sp³-hybridized carbons (Fsp3) is 0.0811. The van der Waals surface area contributed by atoms with E-state index in [1.54, 1.807) is 98.7 Å². The number of nitrogens with zero attached hydrogens (tertiary/aromatic N) is 5. The summed E-state index contributed by atoms with van der Waals surface area (Å²) in [5.41, 5.74) is 1.84. The summed E-state index contributed by atoms with van der Waals surface area (Å²) in [5, 5.41) is 18.3. The van der Waals surface area contributed by atoms with Crippen LogP contribution in [0, 0.1) is 21.3 Å². The van der Waals surface area contributed by atoms with Gasteiger partial charge in [0.05, 0.1) is 0 Å². The molecule has 0 saturated carbocycles. The number of hydrogen-bond acceptors (Lipinski definition) is 9. The van der Waals surface area contributed by atoms with Crippen molar-refractivity contribution >= 4 is 28.4 Å². The SMILES string of the molecule is CC(=O)c1cc(-c2ccc(F)cc2)no1.CC(O)(c1ccncc1)c1cc(-c2ccc(F)cc2)no1.Ic1ccncc1.[Li+].[c-]1ccncc1. The molecule has 7 rings (SSSR count). The van der Waals surface area contributed by atoms with Gasteiger partial charge in [0.15, 0.2) is 11.5 Å². The third-order valence-electron chi connectivity index (χ3n) is 6.52. The minimum atomic E-state index is -1.31. The molecule has 0 aliphatic rings. The van der Waals surface area contributed by atoms with Crippen LogP contribution in [0.2, 0.25) is 0 Å². The summed E-state index contributed by atoms with van der Waals surface area (Å²) >= 11 is 2.24. The smallest absolute Gasteiger partial charge is 0.391 e. The van der Waals surface area contributed by atoms with Crippen LogP contribution < -0.4 is 18.9 Å². The van der Waals surface area contributed by atoms with Gasteiger partial charge in [0.2, 0.25) is 5.76 Å². The fourth-order valence-electron chi connectivity index (χ4n) is 3.89. The minimum Gasteiger partial charge on any atom is -0.391 e. The fourth-order valence-corrected chi connectivity index (χ4v) is 4.21. The number of benzene rings is 2. The van der Waals surface area contributed by atoms with Gasteiger partial charge in [0.25, 0.3) is 0 Å². The molecule has 13 heteroatoms. The summed E-state index contributed by atoms with van der Waals surface area (Å²) in [5.74, 6) is -0.293. The summed E-state index contributed by atoms with van der Waals surface area (Å²) in [4.78, 5) is 22.5. The van der Waals surface area contributed by atoms with Crippen LogP contribution in [0.25, 0.3) is 22.5 Å². The summed E-state index contributed by atoms with van der Waals surface area (Å²) in [7, 11) is 0. The zero-order valence-corrected chi connectivity index (χ0v) is 29.4. The standard InChI is InChI=1S/C16H13FN2O2.C11H8FNO2.C5H4IN.C5H4N.Li/c1-16(20,12-6-8-18-9-7-12)15-10-14(19-21-15)11-2-4-13(17)5-3-11;1-7(14)11-6-10(13-15-11)8-2-4-9(12)5-3-8;6-5-1-3-7-4-2-5;1-2-4-6-5-3-1;/h2-10,20H,1H3;2-6H,1H3;1-4H;2-5H;/q;;;-1;+1. The van der Waals surface area contributed by atoms with E-state index in [1.807, 2.05) is 12.1 Å². The number of halogens is 3. The molecule has 0 aliphatic carbocycles. The Kier molecular flexibility index (Phi) is 15.8. The van der Waals surface area contributed by atoms with Crippen molar-refractivity contribution in [1.29, 1.82) is 0 Å². The van der Waals surface area contributed by atoms with Gasteiger partial charge in [0.1, 0.15) is 28.6 Å². The van der Waals surface area contributed by atoms with Crippen LogP contribution in [-0.4, -0.2) is 36.2 Å². The first-order chi connectivity index (χ1) is 23.6. The summed E-state index contributed by atoms with van der Waals surface area (Å²) in [6, 6.07) is 28.6. The number of aromatic nitrogens is 5. The maximum atomic E-state index is 12.9. The number of hydrogen-bond donors (Lipinski definition) is 1. The third kappa shape index (κ3) is 12.2. The van der Waals surface area contributed by atoms with Crippen LogP contribution in [0.1, 0.15) is 35.7 Å². The van der Waals surface area contributed by atoms with Crippen LogP contribution in [0.4, 0.5) is 8.78 Å². The first-order valence-electron chi connectivity index (χ1n) is 14.5. The Hall–Kier alpha value is -4.87. The third-order valence-corrected chi connectivity index (χ3v) is 7.24. The summed E-state index contributed by atoms with van der Waals surface area (Å²) in [6.45, 7) is 3.02. The van der Waals surface area contributed by atoms with E-state index < -0.39 is 5.60 Å². The second-order valence-electron chi connectivity index (χ2n) is 10.1. The van der Waals surface area contributed by atoms with Crippen molar-refractivity contribution < 1.29 is 46.6 Å². The molecule has 0 radical (unpaired) electrons. The number of carbonyl (C=O) groups is 1. The van der Waals surface area contributed by atoms with Crippen LogP contribution >= 0.6 is 22.6 Å². The topological polar surface area (TPSA) is 128 Å². The van der Waals surface area contributed by atoms with Crippen molar-refractivity contribution in [3.63, 3.8) is 0 Å². The van der Waals surface area contributed by atoms with Crippen molar-refractivity contribution in [3.8, 4) is 22.5 Å². The van der Waals surface area contributed by atoms with Gasteiger partial charge in [-0.3, -0.25) is 14.8 Å². The van der Waals surface area contributed by atoms with Gasteiger partial charge in [-0.25, -0.2) is 8.78 Å². The molecule has 1 atom stereocenters. The van der Waals surface area contributed by atoms with Crippen LogP contribution in [0.5, 0.6) is 0 Å². The van der Waals surface area contributed by atoms with Crippen molar-refractivity contribution in [2.45, 2.75) is 19.4 Å². The van der Waals surface area contributed by atoms with E-state index >= 15 is 0 Å². The van der Waals surface area contributed by atoms with Gasteiger partial charge < -0.3 is 19.1 Å². The van der Waals surface area contributed by atoms with Gasteiger partial charge >= 0.3 is 18.9 Å². The Morgan fingerprint density at radius 1 is 0.720 bits per heavy atom. The Balaban J connectivity index is 0.000000201. The first-order valence-corrected chi connectivity index (χ1v) is 15.6. The van der Waals surface area contributed by atoms with E-state index in [9.17, 15) is 18.7 Å². The number of pyridine rings is 3. The number of ketones is 1. The average Bonchev–Trinajstić information content (AvgIpc) is 3.84. The van der Waals surface area contributed by atoms with E-state index in [0.29, 0.717) is 28.3 Å². The number of carbonyl (C=O) groups excluding carboxylic acids is 1. The molecule has 0 aliphatic heterocycles. The molecule has 0 saturated heterocycles. The van der Waals surface area contributed by atoms with Crippen molar-refractivity contribution in [3.05, 3.63) is 173 Å². The Morgan fingerprint density at radius 3 is 1.58 bits per heavy atom. The Bertz CT molecular complexity index is 1970. The molecule has 0 fully saturated rings. The molecule has 0 spiro atoms. The van der Waals surface area contributed by atoms with Gasteiger partial charge in [-0.1, -0.05) is 22.7 Å².